The lowest BCUT2D eigenvalue weighted by atomic mass is 9.74. The number of hydrogen-bond donors (Lipinski definition) is 1. The second-order valence-corrected chi connectivity index (χ2v) is 5.28. The number of ketones is 2. The normalized spacial score (nSPS) is 21.1. The number of hydrogen-bond acceptors (Lipinski definition) is 4. The van der Waals surface area contributed by atoms with Gasteiger partial charge < -0.3 is 10.1 Å². The van der Waals surface area contributed by atoms with Crippen molar-refractivity contribution in [1.82, 2.24) is 5.32 Å². The van der Waals surface area contributed by atoms with Crippen molar-refractivity contribution in [2.75, 3.05) is 7.11 Å². The van der Waals surface area contributed by atoms with E-state index in [-0.39, 0.29) is 11.6 Å². The summed E-state index contributed by atoms with van der Waals surface area (Å²) >= 11 is 0. The Morgan fingerprint density at radius 1 is 1.38 bits per heavy atom. The summed E-state index contributed by atoms with van der Waals surface area (Å²) in [7, 11) is 1.30. The minimum atomic E-state index is -0.999. The van der Waals surface area contributed by atoms with Gasteiger partial charge in [0.05, 0.1) is 7.11 Å². The molecule has 1 amide bonds. The second-order valence-electron chi connectivity index (χ2n) is 5.28. The smallest absolute Gasteiger partial charge is 0.407 e. The maximum Gasteiger partial charge on any atom is 0.407 e. The molecule has 1 aromatic rings. The first-order valence-electron chi connectivity index (χ1n) is 6.96. The lowest BCUT2D eigenvalue weighted by molar-refractivity contribution is -0.132. The highest BCUT2D eigenvalue weighted by molar-refractivity contribution is 6.13. The summed E-state index contributed by atoms with van der Waals surface area (Å²) in [4.78, 5) is 35.5. The zero-order chi connectivity index (χ0) is 15.5. The van der Waals surface area contributed by atoms with Crippen LogP contribution in [0.1, 0.15) is 37.3 Å². The van der Waals surface area contributed by atoms with Crippen LogP contribution in [-0.2, 0) is 26.3 Å². The molecule has 0 spiro atoms. The Kier molecular flexibility index (Phi) is 4.40. The fourth-order valence-electron chi connectivity index (χ4n) is 2.94. The molecule has 112 valence electrons. The number of benzene rings is 1. The van der Waals surface area contributed by atoms with Gasteiger partial charge in [0, 0.05) is 13.0 Å². The minimum Gasteiger partial charge on any atom is -0.453 e. The molecule has 1 aromatic carbocycles. The molecule has 0 heterocycles. The van der Waals surface area contributed by atoms with Gasteiger partial charge in [0.2, 0.25) is 0 Å². The predicted molar refractivity (Wildman–Crippen MR) is 76.9 cm³/mol. The van der Waals surface area contributed by atoms with Crippen LogP contribution in [0.25, 0.3) is 0 Å². The third-order valence-electron chi connectivity index (χ3n) is 4.07. The number of carbonyl (C=O) groups is 3. The third kappa shape index (κ3) is 2.82. The van der Waals surface area contributed by atoms with Crippen LogP contribution in [-0.4, -0.2) is 24.8 Å². The Morgan fingerprint density at radius 3 is 2.71 bits per heavy atom. The SMILES string of the molecule is COC(=O)NCc1cccc([C@]2(C(C)=O)CCCC2=O)c1. The molecule has 1 aliphatic carbocycles. The van der Waals surface area contributed by atoms with Crippen LogP contribution < -0.4 is 5.32 Å². The lowest BCUT2D eigenvalue weighted by Crippen LogP contribution is -2.38. The van der Waals surface area contributed by atoms with E-state index in [4.69, 9.17) is 0 Å². The topological polar surface area (TPSA) is 72.5 Å². The van der Waals surface area contributed by atoms with Crippen molar-refractivity contribution >= 4 is 17.7 Å². The molecule has 0 bridgehead atoms. The molecule has 0 unspecified atom stereocenters. The largest absolute Gasteiger partial charge is 0.453 e. The molecule has 21 heavy (non-hydrogen) atoms. The van der Waals surface area contributed by atoms with Crippen molar-refractivity contribution in [2.24, 2.45) is 0 Å². The van der Waals surface area contributed by atoms with E-state index in [9.17, 15) is 14.4 Å². The van der Waals surface area contributed by atoms with Crippen LogP contribution in [0.15, 0.2) is 24.3 Å². The fourth-order valence-corrected chi connectivity index (χ4v) is 2.94. The molecule has 2 rings (SSSR count). The second kappa shape index (κ2) is 6.08. The fraction of sp³-hybridized carbons (Fsp3) is 0.438. The minimum absolute atomic E-state index is 0.00641. The molecule has 1 aliphatic rings. The standard InChI is InChI=1S/C16H19NO4/c1-11(18)16(8-4-7-14(16)19)13-6-3-5-12(9-13)10-17-15(20)21-2/h3,5-6,9H,4,7-8,10H2,1-2H3,(H,17,20)/t16-/m1/s1. The van der Waals surface area contributed by atoms with E-state index in [0.29, 0.717) is 19.4 Å². The first-order chi connectivity index (χ1) is 10.0. The molecule has 0 aliphatic heterocycles. The Bertz CT molecular complexity index is 581. The first-order valence-corrected chi connectivity index (χ1v) is 6.96. The van der Waals surface area contributed by atoms with Crippen molar-refractivity contribution in [3.8, 4) is 0 Å². The first kappa shape index (κ1) is 15.2. The number of nitrogens with one attached hydrogen (secondary N) is 1. The number of Topliss-reactive ketones (excluding diaryl/α,β-unsaturated/α-hetero) is 2. The number of carbonyl (C=O) groups excluding carboxylic acids is 3. The van der Waals surface area contributed by atoms with Crippen molar-refractivity contribution in [2.45, 2.75) is 38.1 Å². The zero-order valence-corrected chi connectivity index (χ0v) is 12.3. The lowest BCUT2D eigenvalue weighted by Gasteiger charge is -2.25. The maximum absolute atomic E-state index is 12.3. The van der Waals surface area contributed by atoms with E-state index in [1.165, 1.54) is 14.0 Å². The molecule has 5 nitrogen and oxygen atoms in total. The van der Waals surface area contributed by atoms with Gasteiger partial charge in [-0.15, -0.1) is 0 Å². The summed E-state index contributed by atoms with van der Waals surface area (Å²) in [5.74, 6) is -0.115. The Balaban J connectivity index is 2.29. The van der Waals surface area contributed by atoms with Crippen molar-refractivity contribution in [1.29, 1.82) is 0 Å². The Hall–Kier alpha value is -2.17. The van der Waals surface area contributed by atoms with Gasteiger partial charge in [0.1, 0.15) is 11.2 Å². The van der Waals surface area contributed by atoms with Gasteiger partial charge in [0.25, 0.3) is 0 Å². The average Bonchev–Trinajstić information content (AvgIpc) is 2.87. The summed E-state index contributed by atoms with van der Waals surface area (Å²) in [6, 6.07) is 7.28. The van der Waals surface area contributed by atoms with E-state index in [1.54, 1.807) is 6.07 Å². The highest BCUT2D eigenvalue weighted by Crippen LogP contribution is 2.39. The zero-order valence-electron chi connectivity index (χ0n) is 12.3. The average molecular weight is 289 g/mol. The molecule has 1 saturated carbocycles. The van der Waals surface area contributed by atoms with Gasteiger partial charge in [-0.25, -0.2) is 4.79 Å². The van der Waals surface area contributed by atoms with E-state index in [1.807, 2.05) is 18.2 Å². The van der Waals surface area contributed by atoms with Crippen LogP contribution in [0.2, 0.25) is 0 Å². The van der Waals surface area contributed by atoms with E-state index in [0.717, 1.165) is 17.5 Å². The molecule has 5 heteroatoms. The Morgan fingerprint density at radius 2 is 2.14 bits per heavy atom. The maximum atomic E-state index is 12.3. The molecule has 0 radical (unpaired) electrons. The number of amides is 1. The third-order valence-corrected chi connectivity index (χ3v) is 4.07. The van der Waals surface area contributed by atoms with Gasteiger partial charge in [-0.05, 0) is 30.9 Å². The van der Waals surface area contributed by atoms with Crippen molar-refractivity contribution in [3.05, 3.63) is 35.4 Å². The number of ether oxygens (including phenoxy) is 1. The molecule has 1 atom stereocenters. The van der Waals surface area contributed by atoms with Crippen molar-refractivity contribution < 1.29 is 19.1 Å². The number of methoxy groups -OCH3 is 1. The van der Waals surface area contributed by atoms with Gasteiger partial charge >= 0.3 is 6.09 Å². The Labute approximate surface area is 123 Å². The van der Waals surface area contributed by atoms with Gasteiger partial charge in [-0.2, -0.15) is 0 Å². The highest BCUT2D eigenvalue weighted by atomic mass is 16.5. The molecule has 0 saturated heterocycles. The monoisotopic (exact) mass is 289 g/mol. The summed E-state index contributed by atoms with van der Waals surface area (Å²) in [6.45, 7) is 1.77. The number of alkyl carbamates (subject to hydrolysis) is 1. The quantitative estimate of drug-likeness (QED) is 0.862. The molecule has 1 fully saturated rings. The summed E-state index contributed by atoms with van der Waals surface area (Å²) in [5.41, 5.74) is 0.557. The van der Waals surface area contributed by atoms with E-state index < -0.39 is 11.5 Å². The van der Waals surface area contributed by atoms with E-state index in [2.05, 4.69) is 10.1 Å². The van der Waals surface area contributed by atoms with Crippen LogP contribution in [0, 0.1) is 0 Å². The number of rotatable bonds is 4. The summed E-state index contributed by atoms with van der Waals surface area (Å²) < 4.78 is 4.52. The van der Waals surface area contributed by atoms with Crippen molar-refractivity contribution in [3.63, 3.8) is 0 Å². The summed E-state index contributed by atoms with van der Waals surface area (Å²) in [5, 5.41) is 2.59. The van der Waals surface area contributed by atoms with Gasteiger partial charge in [-0.1, -0.05) is 24.3 Å². The molecule has 1 N–H and O–H groups in total. The molecular weight excluding hydrogens is 270 g/mol. The predicted octanol–water partition coefficient (Wildman–Crippen LogP) is 2.12. The van der Waals surface area contributed by atoms with Gasteiger partial charge in [-0.3, -0.25) is 9.59 Å². The summed E-state index contributed by atoms with van der Waals surface area (Å²) in [6.07, 6.45) is 1.24. The highest BCUT2D eigenvalue weighted by Gasteiger charge is 2.47. The van der Waals surface area contributed by atoms with E-state index >= 15 is 0 Å². The van der Waals surface area contributed by atoms with Gasteiger partial charge in [0.15, 0.2) is 5.78 Å². The molecular formula is C16H19NO4. The van der Waals surface area contributed by atoms with Crippen LogP contribution in [0.4, 0.5) is 4.79 Å². The van der Waals surface area contributed by atoms with Crippen LogP contribution >= 0.6 is 0 Å². The van der Waals surface area contributed by atoms with Crippen LogP contribution in [0.5, 0.6) is 0 Å². The van der Waals surface area contributed by atoms with Crippen LogP contribution in [0.3, 0.4) is 0 Å². The molecule has 0 aromatic heterocycles.